The topological polar surface area (TPSA) is 81.7 Å². The third-order valence-corrected chi connectivity index (χ3v) is 3.33. The van der Waals surface area contributed by atoms with Crippen LogP contribution in [0.2, 0.25) is 0 Å². The molecule has 86 valence electrons. The van der Waals surface area contributed by atoms with Gasteiger partial charge < -0.3 is 0 Å². The van der Waals surface area contributed by atoms with Crippen molar-refractivity contribution in [3.8, 4) is 0 Å². The van der Waals surface area contributed by atoms with E-state index in [9.17, 15) is 0 Å². The number of rotatable bonds is 4. The Balaban J connectivity index is 2.40. The first-order chi connectivity index (χ1) is 7.77. The lowest BCUT2D eigenvalue weighted by Crippen LogP contribution is -2.30. The SMILES string of the molecule is CCc1nnsc1C(NN)c1ccnn1C. The lowest BCUT2D eigenvalue weighted by atomic mass is 10.1. The third kappa shape index (κ3) is 1.84. The van der Waals surface area contributed by atoms with E-state index >= 15 is 0 Å². The average molecular weight is 238 g/mol. The molecule has 0 aliphatic carbocycles. The van der Waals surface area contributed by atoms with Gasteiger partial charge in [0, 0.05) is 13.2 Å². The maximum absolute atomic E-state index is 5.61. The molecule has 2 rings (SSSR count). The highest BCUT2D eigenvalue weighted by Crippen LogP contribution is 2.26. The van der Waals surface area contributed by atoms with Crippen LogP contribution in [0.15, 0.2) is 12.3 Å². The molecule has 0 saturated carbocycles. The molecule has 0 saturated heterocycles. The van der Waals surface area contributed by atoms with Gasteiger partial charge in [-0.25, -0.2) is 5.43 Å². The minimum atomic E-state index is -0.0950. The minimum Gasteiger partial charge on any atom is -0.271 e. The number of nitrogens with zero attached hydrogens (tertiary/aromatic N) is 4. The zero-order chi connectivity index (χ0) is 11.5. The van der Waals surface area contributed by atoms with Crippen LogP contribution in [0.3, 0.4) is 0 Å². The second-order valence-electron chi connectivity index (χ2n) is 3.42. The van der Waals surface area contributed by atoms with E-state index in [0.29, 0.717) is 0 Å². The Kier molecular flexibility index (Phi) is 3.28. The van der Waals surface area contributed by atoms with Crippen molar-refractivity contribution in [2.75, 3.05) is 0 Å². The van der Waals surface area contributed by atoms with E-state index in [4.69, 9.17) is 5.84 Å². The highest BCUT2D eigenvalue weighted by atomic mass is 32.1. The van der Waals surface area contributed by atoms with E-state index in [1.165, 1.54) is 11.5 Å². The van der Waals surface area contributed by atoms with Gasteiger partial charge in [0.15, 0.2) is 0 Å². The van der Waals surface area contributed by atoms with E-state index in [-0.39, 0.29) is 6.04 Å². The summed E-state index contributed by atoms with van der Waals surface area (Å²) in [6, 6.07) is 1.84. The normalized spacial score (nSPS) is 12.9. The molecule has 1 atom stereocenters. The summed E-state index contributed by atoms with van der Waals surface area (Å²) in [4.78, 5) is 1.05. The van der Waals surface area contributed by atoms with Crippen LogP contribution in [0.1, 0.15) is 29.2 Å². The highest BCUT2D eigenvalue weighted by Gasteiger charge is 2.21. The van der Waals surface area contributed by atoms with Gasteiger partial charge in [0.2, 0.25) is 0 Å². The Labute approximate surface area is 97.6 Å². The van der Waals surface area contributed by atoms with Crippen LogP contribution in [-0.2, 0) is 13.5 Å². The average Bonchev–Trinajstić information content (AvgIpc) is 2.90. The maximum Gasteiger partial charge on any atom is 0.100 e. The molecule has 6 nitrogen and oxygen atoms in total. The van der Waals surface area contributed by atoms with Crippen LogP contribution in [0, 0.1) is 0 Å². The first-order valence-electron chi connectivity index (χ1n) is 5.03. The molecule has 0 aliphatic heterocycles. The molecule has 1 unspecified atom stereocenters. The molecule has 16 heavy (non-hydrogen) atoms. The van der Waals surface area contributed by atoms with Gasteiger partial charge in [-0.2, -0.15) is 5.10 Å². The smallest absolute Gasteiger partial charge is 0.100 e. The Morgan fingerprint density at radius 3 is 3.00 bits per heavy atom. The Morgan fingerprint density at radius 1 is 1.62 bits per heavy atom. The molecule has 0 bridgehead atoms. The van der Waals surface area contributed by atoms with Crippen molar-refractivity contribution in [1.29, 1.82) is 0 Å². The fraction of sp³-hybridized carbons (Fsp3) is 0.444. The molecular formula is C9H14N6S. The summed E-state index contributed by atoms with van der Waals surface area (Å²) in [5.41, 5.74) is 4.78. The number of aryl methyl sites for hydroxylation is 2. The first-order valence-corrected chi connectivity index (χ1v) is 5.80. The molecule has 2 aromatic rings. The fourth-order valence-electron chi connectivity index (χ4n) is 1.64. The van der Waals surface area contributed by atoms with Gasteiger partial charge in [-0.1, -0.05) is 11.4 Å². The Morgan fingerprint density at radius 2 is 2.44 bits per heavy atom. The lowest BCUT2D eigenvalue weighted by Gasteiger charge is -2.14. The fourth-order valence-corrected chi connectivity index (χ4v) is 2.45. The summed E-state index contributed by atoms with van der Waals surface area (Å²) >= 11 is 1.37. The van der Waals surface area contributed by atoms with Gasteiger partial charge in [0.05, 0.1) is 16.3 Å². The third-order valence-electron chi connectivity index (χ3n) is 2.50. The molecule has 0 radical (unpaired) electrons. The number of aromatic nitrogens is 4. The number of hydrogen-bond acceptors (Lipinski definition) is 6. The van der Waals surface area contributed by atoms with Gasteiger partial charge in [-0.3, -0.25) is 10.5 Å². The molecule has 2 aromatic heterocycles. The van der Waals surface area contributed by atoms with E-state index < -0.39 is 0 Å². The van der Waals surface area contributed by atoms with E-state index in [1.54, 1.807) is 10.9 Å². The van der Waals surface area contributed by atoms with Crippen LogP contribution < -0.4 is 11.3 Å². The zero-order valence-corrected chi connectivity index (χ0v) is 10.0. The molecule has 0 fully saturated rings. The lowest BCUT2D eigenvalue weighted by molar-refractivity contribution is 0.577. The van der Waals surface area contributed by atoms with Gasteiger partial charge in [-0.15, -0.1) is 5.10 Å². The van der Waals surface area contributed by atoms with Crippen molar-refractivity contribution >= 4 is 11.5 Å². The second-order valence-corrected chi connectivity index (χ2v) is 4.20. The summed E-state index contributed by atoms with van der Waals surface area (Å²) < 4.78 is 5.76. The maximum atomic E-state index is 5.61. The standard InChI is InChI=1S/C9H14N6S/c1-3-6-9(16-14-13-6)8(12-10)7-4-5-11-15(7)2/h4-5,8,12H,3,10H2,1-2H3. The van der Waals surface area contributed by atoms with E-state index in [2.05, 4.69) is 27.0 Å². The summed E-state index contributed by atoms with van der Waals surface area (Å²) in [6.07, 6.45) is 2.60. The Bertz CT molecular complexity index is 462. The largest absolute Gasteiger partial charge is 0.271 e. The van der Waals surface area contributed by atoms with Crippen molar-refractivity contribution in [2.45, 2.75) is 19.4 Å². The quantitative estimate of drug-likeness (QED) is 0.594. The predicted molar refractivity (Wildman–Crippen MR) is 61.7 cm³/mol. The van der Waals surface area contributed by atoms with Crippen molar-refractivity contribution in [1.82, 2.24) is 24.8 Å². The van der Waals surface area contributed by atoms with Crippen LogP contribution >= 0.6 is 11.5 Å². The highest BCUT2D eigenvalue weighted by molar-refractivity contribution is 7.05. The minimum absolute atomic E-state index is 0.0950. The van der Waals surface area contributed by atoms with Gasteiger partial charge in [-0.05, 0) is 24.0 Å². The second kappa shape index (κ2) is 4.69. The molecule has 3 N–H and O–H groups in total. The van der Waals surface area contributed by atoms with Crippen molar-refractivity contribution in [3.63, 3.8) is 0 Å². The number of nitrogens with two attached hydrogens (primary N) is 1. The number of nitrogens with one attached hydrogen (secondary N) is 1. The van der Waals surface area contributed by atoms with Crippen LogP contribution in [0.5, 0.6) is 0 Å². The molecule has 0 aromatic carbocycles. The molecule has 7 heteroatoms. The summed E-state index contributed by atoms with van der Waals surface area (Å²) in [5.74, 6) is 5.61. The van der Waals surface area contributed by atoms with E-state index in [1.807, 2.05) is 13.1 Å². The van der Waals surface area contributed by atoms with Crippen LogP contribution in [0.4, 0.5) is 0 Å². The summed E-state index contributed by atoms with van der Waals surface area (Å²) in [5, 5.41) is 8.22. The summed E-state index contributed by atoms with van der Waals surface area (Å²) in [7, 11) is 1.89. The summed E-state index contributed by atoms with van der Waals surface area (Å²) in [6.45, 7) is 2.05. The van der Waals surface area contributed by atoms with Crippen molar-refractivity contribution in [3.05, 3.63) is 28.5 Å². The van der Waals surface area contributed by atoms with Crippen LogP contribution in [0.25, 0.3) is 0 Å². The molecule has 0 amide bonds. The molecular weight excluding hydrogens is 224 g/mol. The molecule has 0 spiro atoms. The predicted octanol–water partition coefficient (Wildman–Crippen LogP) is 0.387. The van der Waals surface area contributed by atoms with Crippen LogP contribution in [-0.4, -0.2) is 19.4 Å². The van der Waals surface area contributed by atoms with Gasteiger partial charge in [0.1, 0.15) is 6.04 Å². The van der Waals surface area contributed by atoms with Gasteiger partial charge >= 0.3 is 0 Å². The molecule has 0 aliphatic rings. The van der Waals surface area contributed by atoms with Crippen molar-refractivity contribution in [2.24, 2.45) is 12.9 Å². The van der Waals surface area contributed by atoms with E-state index in [0.717, 1.165) is 22.7 Å². The zero-order valence-electron chi connectivity index (χ0n) is 9.21. The van der Waals surface area contributed by atoms with Crippen molar-refractivity contribution < 1.29 is 0 Å². The monoisotopic (exact) mass is 238 g/mol. The number of hydrazine groups is 1. The van der Waals surface area contributed by atoms with Gasteiger partial charge in [0.25, 0.3) is 0 Å². The Hall–Kier alpha value is -1.31. The first kappa shape index (κ1) is 11.2. The number of hydrogen-bond donors (Lipinski definition) is 2. The molecule has 2 heterocycles.